The highest BCUT2D eigenvalue weighted by atomic mass is 32.2. The molecule has 0 amide bonds. The van der Waals surface area contributed by atoms with Crippen LogP contribution in [0.25, 0.3) is 0 Å². The summed E-state index contributed by atoms with van der Waals surface area (Å²) in [7, 11) is 0. The highest BCUT2D eigenvalue weighted by Crippen LogP contribution is 2.31. The fraction of sp³-hybridized carbons (Fsp3) is 0.636. The molecule has 1 aliphatic carbocycles. The maximum absolute atomic E-state index is 12.2. The van der Waals surface area contributed by atoms with Crippen LogP contribution in [0.4, 0.5) is 0 Å². The third-order valence-corrected chi connectivity index (χ3v) is 4.44. The van der Waals surface area contributed by atoms with Crippen molar-refractivity contribution < 1.29 is 0 Å². The first-order chi connectivity index (χ1) is 7.27. The van der Waals surface area contributed by atoms with Gasteiger partial charge in [-0.3, -0.25) is 9.36 Å². The Morgan fingerprint density at radius 3 is 3.07 bits per heavy atom. The Morgan fingerprint density at radius 2 is 2.20 bits per heavy atom. The Kier molecular flexibility index (Phi) is 2.12. The maximum Gasteiger partial charge on any atom is 0.257 e. The molecule has 0 fully saturated rings. The second-order valence-electron chi connectivity index (χ2n) is 4.36. The molecule has 1 unspecified atom stereocenters. The van der Waals surface area contributed by atoms with E-state index in [2.05, 4.69) is 11.9 Å². The van der Waals surface area contributed by atoms with Gasteiger partial charge in [0.1, 0.15) is 0 Å². The second-order valence-corrected chi connectivity index (χ2v) is 5.35. The van der Waals surface area contributed by atoms with Crippen molar-refractivity contribution in [2.24, 2.45) is 0 Å². The highest BCUT2D eigenvalue weighted by Gasteiger charge is 2.26. The Morgan fingerprint density at radius 1 is 1.40 bits per heavy atom. The summed E-state index contributed by atoms with van der Waals surface area (Å²) in [5.41, 5.74) is 2.28. The predicted octanol–water partition coefficient (Wildman–Crippen LogP) is 1.79. The van der Waals surface area contributed by atoms with Crippen LogP contribution in [0.1, 0.15) is 37.1 Å². The molecule has 1 atom stereocenters. The van der Waals surface area contributed by atoms with Crippen LogP contribution in [0.2, 0.25) is 0 Å². The van der Waals surface area contributed by atoms with Gasteiger partial charge in [-0.2, -0.15) is 0 Å². The molecule has 0 aromatic carbocycles. The number of hydrogen-bond acceptors (Lipinski definition) is 3. The number of aryl methyl sites for hydroxylation is 1. The van der Waals surface area contributed by atoms with Gasteiger partial charge in [0.05, 0.1) is 5.69 Å². The van der Waals surface area contributed by atoms with Gasteiger partial charge in [0.2, 0.25) is 0 Å². The summed E-state index contributed by atoms with van der Waals surface area (Å²) in [5.74, 6) is 0.991. The van der Waals surface area contributed by atoms with Gasteiger partial charge in [-0.05, 0) is 32.6 Å². The molecule has 1 aromatic heterocycles. The van der Waals surface area contributed by atoms with Gasteiger partial charge in [-0.25, -0.2) is 4.98 Å². The van der Waals surface area contributed by atoms with Crippen molar-refractivity contribution in [3.05, 3.63) is 21.6 Å². The minimum Gasteiger partial charge on any atom is -0.284 e. The molecule has 3 nitrogen and oxygen atoms in total. The van der Waals surface area contributed by atoms with Crippen LogP contribution in [0.3, 0.4) is 0 Å². The first kappa shape index (κ1) is 9.46. The van der Waals surface area contributed by atoms with Crippen molar-refractivity contribution >= 4 is 11.8 Å². The Bertz CT molecular complexity index is 466. The highest BCUT2D eigenvalue weighted by molar-refractivity contribution is 7.99. The van der Waals surface area contributed by atoms with E-state index < -0.39 is 0 Å². The summed E-state index contributed by atoms with van der Waals surface area (Å²) < 4.78 is 1.88. The number of thioether (sulfide) groups is 1. The van der Waals surface area contributed by atoms with Crippen molar-refractivity contribution in [2.75, 3.05) is 5.75 Å². The molecule has 0 N–H and O–H groups in total. The van der Waals surface area contributed by atoms with Crippen LogP contribution in [0, 0.1) is 0 Å². The van der Waals surface area contributed by atoms with E-state index in [9.17, 15) is 4.79 Å². The van der Waals surface area contributed by atoms with Gasteiger partial charge in [-0.15, -0.1) is 0 Å². The minimum absolute atomic E-state index is 0.229. The molecule has 0 saturated carbocycles. The van der Waals surface area contributed by atoms with Gasteiger partial charge in [0.15, 0.2) is 5.16 Å². The Hall–Kier alpha value is -0.770. The Labute approximate surface area is 92.9 Å². The molecule has 3 rings (SSSR count). The third-order valence-electron chi connectivity index (χ3n) is 3.25. The van der Waals surface area contributed by atoms with Crippen LogP contribution in [0.15, 0.2) is 9.95 Å². The number of aromatic nitrogens is 2. The molecule has 15 heavy (non-hydrogen) atoms. The zero-order valence-electron chi connectivity index (χ0n) is 8.82. The lowest BCUT2D eigenvalue weighted by Gasteiger charge is -2.17. The largest absolute Gasteiger partial charge is 0.284 e. The number of hydrogen-bond donors (Lipinski definition) is 0. The molecule has 80 valence electrons. The molecule has 0 saturated heterocycles. The number of fused-ring (bicyclic) bond motifs is 2. The van der Waals surface area contributed by atoms with E-state index in [1.807, 2.05) is 4.57 Å². The topological polar surface area (TPSA) is 34.9 Å². The second kappa shape index (κ2) is 3.37. The predicted molar refractivity (Wildman–Crippen MR) is 60.6 cm³/mol. The van der Waals surface area contributed by atoms with Crippen molar-refractivity contribution in [1.29, 1.82) is 0 Å². The molecule has 0 radical (unpaired) electrons. The molecule has 2 aliphatic rings. The summed E-state index contributed by atoms with van der Waals surface area (Å²) in [5, 5.41) is 0.938. The van der Waals surface area contributed by atoms with Crippen LogP contribution in [-0.4, -0.2) is 15.3 Å². The van der Waals surface area contributed by atoms with Crippen LogP contribution < -0.4 is 5.56 Å². The fourth-order valence-corrected chi connectivity index (χ4v) is 3.52. The third kappa shape index (κ3) is 1.34. The summed E-state index contributed by atoms with van der Waals surface area (Å²) in [6.45, 7) is 2.10. The lowest BCUT2D eigenvalue weighted by Crippen LogP contribution is -2.29. The van der Waals surface area contributed by atoms with E-state index in [1.165, 1.54) is 6.42 Å². The number of nitrogens with zero attached hydrogens (tertiary/aromatic N) is 2. The molecule has 2 heterocycles. The van der Waals surface area contributed by atoms with Crippen molar-refractivity contribution in [3.63, 3.8) is 0 Å². The SMILES string of the molecule is CC1CSc2nc3c(c(=O)n21)CCCC3. The summed E-state index contributed by atoms with van der Waals surface area (Å²) in [4.78, 5) is 16.9. The quantitative estimate of drug-likeness (QED) is 0.628. The molecule has 0 bridgehead atoms. The molecular weight excluding hydrogens is 208 g/mol. The molecule has 1 aromatic rings. The van der Waals surface area contributed by atoms with Crippen molar-refractivity contribution in [1.82, 2.24) is 9.55 Å². The van der Waals surface area contributed by atoms with Gasteiger partial charge in [-0.1, -0.05) is 11.8 Å². The normalized spacial score (nSPS) is 23.7. The van der Waals surface area contributed by atoms with Crippen molar-refractivity contribution in [3.8, 4) is 0 Å². The van der Waals surface area contributed by atoms with E-state index in [0.29, 0.717) is 6.04 Å². The average Bonchev–Trinajstić information content (AvgIpc) is 2.61. The van der Waals surface area contributed by atoms with Gasteiger partial charge >= 0.3 is 0 Å². The zero-order chi connectivity index (χ0) is 10.4. The molecule has 4 heteroatoms. The van der Waals surface area contributed by atoms with Crippen molar-refractivity contribution in [2.45, 2.75) is 43.8 Å². The van der Waals surface area contributed by atoms with E-state index in [0.717, 1.165) is 41.4 Å². The van der Waals surface area contributed by atoms with Gasteiger partial charge in [0, 0.05) is 17.4 Å². The number of rotatable bonds is 0. The summed E-state index contributed by atoms with van der Waals surface area (Å²) in [6, 6.07) is 0.317. The van der Waals surface area contributed by atoms with E-state index >= 15 is 0 Å². The molecular formula is C11H14N2OS. The minimum atomic E-state index is 0.229. The van der Waals surface area contributed by atoms with Crippen LogP contribution in [0.5, 0.6) is 0 Å². The lowest BCUT2D eigenvalue weighted by atomic mass is 9.97. The monoisotopic (exact) mass is 222 g/mol. The standard InChI is InChI=1S/C11H14N2OS/c1-7-6-15-11-12-9-5-3-2-4-8(9)10(14)13(7)11/h7H,2-6H2,1H3. The van der Waals surface area contributed by atoms with E-state index in [-0.39, 0.29) is 5.56 Å². The van der Waals surface area contributed by atoms with Gasteiger partial charge < -0.3 is 0 Å². The first-order valence-electron chi connectivity index (χ1n) is 5.54. The van der Waals surface area contributed by atoms with Gasteiger partial charge in [0.25, 0.3) is 5.56 Å². The average molecular weight is 222 g/mol. The van der Waals surface area contributed by atoms with E-state index in [4.69, 9.17) is 0 Å². The Balaban J connectivity index is 2.25. The molecule has 1 aliphatic heterocycles. The zero-order valence-corrected chi connectivity index (χ0v) is 9.64. The molecule has 0 spiro atoms. The maximum atomic E-state index is 12.2. The van der Waals surface area contributed by atoms with Crippen LogP contribution >= 0.6 is 11.8 Å². The summed E-state index contributed by atoms with van der Waals surface area (Å²) >= 11 is 1.71. The fourth-order valence-electron chi connectivity index (χ4n) is 2.40. The van der Waals surface area contributed by atoms with E-state index in [1.54, 1.807) is 11.8 Å². The summed E-state index contributed by atoms with van der Waals surface area (Å²) in [6.07, 6.45) is 4.25. The van der Waals surface area contributed by atoms with Crippen LogP contribution in [-0.2, 0) is 12.8 Å². The lowest BCUT2D eigenvalue weighted by molar-refractivity contribution is 0.516. The first-order valence-corrected chi connectivity index (χ1v) is 6.53. The smallest absolute Gasteiger partial charge is 0.257 e.